The summed E-state index contributed by atoms with van der Waals surface area (Å²) in [6.45, 7) is 1.94. The maximum absolute atomic E-state index is 6.37. The molecule has 1 aromatic heterocycles. The van der Waals surface area contributed by atoms with E-state index in [0.717, 1.165) is 21.3 Å². The van der Waals surface area contributed by atoms with Gasteiger partial charge in [0.1, 0.15) is 16.0 Å². The molecule has 0 aliphatic heterocycles. The predicted molar refractivity (Wildman–Crippen MR) is 81.2 cm³/mol. The third-order valence-electron chi connectivity index (χ3n) is 3.24. The fourth-order valence-electron chi connectivity index (χ4n) is 2.25. The van der Waals surface area contributed by atoms with Crippen molar-refractivity contribution in [3.8, 4) is 11.5 Å². The number of aryl methyl sites for hydroxylation is 2. The lowest BCUT2D eigenvalue weighted by Gasteiger charge is -2.18. The number of hydrogen-bond acceptors (Lipinski definition) is 4. The zero-order valence-electron chi connectivity index (χ0n) is 12.0. The van der Waals surface area contributed by atoms with Crippen molar-refractivity contribution in [3.63, 3.8) is 0 Å². The van der Waals surface area contributed by atoms with Crippen molar-refractivity contribution in [1.29, 1.82) is 0 Å². The summed E-state index contributed by atoms with van der Waals surface area (Å²) in [5.74, 6) is 1.39. The summed E-state index contributed by atoms with van der Waals surface area (Å²) in [6.07, 6.45) is 1.93. The molecule has 2 aromatic rings. The summed E-state index contributed by atoms with van der Waals surface area (Å²) < 4.78 is 13.3. The van der Waals surface area contributed by atoms with E-state index in [1.807, 2.05) is 32.3 Å². The molecule has 0 amide bonds. The van der Waals surface area contributed by atoms with E-state index in [2.05, 4.69) is 21.0 Å². The molecule has 0 radical (unpaired) electrons. The van der Waals surface area contributed by atoms with E-state index in [-0.39, 0.29) is 6.04 Å². The van der Waals surface area contributed by atoms with Gasteiger partial charge >= 0.3 is 0 Å². The number of ether oxygens (including phenoxy) is 2. The first-order chi connectivity index (χ1) is 9.49. The van der Waals surface area contributed by atoms with Crippen LogP contribution < -0.4 is 15.2 Å². The topological polar surface area (TPSA) is 62.3 Å². The zero-order chi connectivity index (χ0) is 14.9. The first kappa shape index (κ1) is 14.9. The number of aromatic nitrogens is 2. The van der Waals surface area contributed by atoms with Gasteiger partial charge in [-0.3, -0.25) is 4.68 Å². The van der Waals surface area contributed by atoms with Crippen molar-refractivity contribution in [1.82, 2.24) is 9.78 Å². The number of halogens is 1. The van der Waals surface area contributed by atoms with Gasteiger partial charge < -0.3 is 15.2 Å². The maximum atomic E-state index is 6.37. The molecule has 1 heterocycles. The predicted octanol–water partition coefficient (Wildman–Crippen LogP) is 2.56. The minimum Gasteiger partial charge on any atom is -0.495 e. The summed E-state index contributed by atoms with van der Waals surface area (Å²) in [5, 5.41) is 4.33. The highest BCUT2D eigenvalue weighted by molar-refractivity contribution is 9.10. The van der Waals surface area contributed by atoms with Crippen LogP contribution in [0.25, 0.3) is 0 Å². The van der Waals surface area contributed by atoms with Gasteiger partial charge in [0.25, 0.3) is 0 Å². The van der Waals surface area contributed by atoms with Gasteiger partial charge in [-0.25, -0.2) is 0 Å². The Labute approximate surface area is 126 Å². The van der Waals surface area contributed by atoms with Crippen LogP contribution in [0.5, 0.6) is 11.5 Å². The third-order valence-corrected chi connectivity index (χ3v) is 3.99. The van der Waals surface area contributed by atoms with Crippen molar-refractivity contribution >= 4 is 15.9 Å². The standard InChI is InChI=1S/C14H18BrN3O2/c1-8-10(7-18(2)17-8)13(16)9-5-6-11(19-3)12(15)14(9)20-4/h5-7,13H,16H2,1-4H3. The van der Waals surface area contributed by atoms with E-state index in [1.54, 1.807) is 18.9 Å². The van der Waals surface area contributed by atoms with Gasteiger partial charge in [0.2, 0.25) is 0 Å². The van der Waals surface area contributed by atoms with Crippen LogP contribution in [0.2, 0.25) is 0 Å². The average Bonchev–Trinajstić information content (AvgIpc) is 2.76. The number of methoxy groups -OCH3 is 2. The smallest absolute Gasteiger partial charge is 0.141 e. The fourth-order valence-corrected chi connectivity index (χ4v) is 2.94. The number of benzene rings is 1. The molecule has 0 spiro atoms. The fraction of sp³-hybridized carbons (Fsp3) is 0.357. The maximum Gasteiger partial charge on any atom is 0.141 e. The molecule has 2 N–H and O–H groups in total. The molecule has 1 unspecified atom stereocenters. The van der Waals surface area contributed by atoms with Gasteiger partial charge in [-0.2, -0.15) is 5.10 Å². The van der Waals surface area contributed by atoms with E-state index >= 15 is 0 Å². The Hall–Kier alpha value is -1.53. The number of rotatable bonds is 4. The minimum atomic E-state index is -0.305. The molecule has 0 aliphatic carbocycles. The molecule has 6 heteroatoms. The van der Waals surface area contributed by atoms with Crippen molar-refractivity contribution < 1.29 is 9.47 Å². The molecule has 5 nitrogen and oxygen atoms in total. The highest BCUT2D eigenvalue weighted by atomic mass is 79.9. The molecule has 0 bridgehead atoms. The van der Waals surface area contributed by atoms with Crippen molar-refractivity contribution in [2.75, 3.05) is 14.2 Å². The second-order valence-electron chi connectivity index (χ2n) is 4.53. The summed E-state index contributed by atoms with van der Waals surface area (Å²) in [5.41, 5.74) is 9.14. The van der Waals surface area contributed by atoms with E-state index < -0.39 is 0 Å². The molecule has 2 rings (SSSR count). The van der Waals surface area contributed by atoms with Crippen molar-refractivity contribution in [2.45, 2.75) is 13.0 Å². The SMILES string of the molecule is COc1ccc(C(N)c2cn(C)nc2C)c(OC)c1Br. The molecule has 20 heavy (non-hydrogen) atoms. The van der Waals surface area contributed by atoms with Crippen LogP contribution in [0, 0.1) is 6.92 Å². The van der Waals surface area contributed by atoms with Crippen LogP contribution in [0.1, 0.15) is 22.9 Å². The van der Waals surface area contributed by atoms with Crippen LogP contribution >= 0.6 is 15.9 Å². The van der Waals surface area contributed by atoms with Gasteiger partial charge in [0, 0.05) is 24.4 Å². The van der Waals surface area contributed by atoms with Gasteiger partial charge in [0.05, 0.1) is 26.0 Å². The Balaban J connectivity index is 2.52. The average molecular weight is 340 g/mol. The van der Waals surface area contributed by atoms with Gasteiger partial charge in [-0.15, -0.1) is 0 Å². The molecule has 0 saturated carbocycles. The Morgan fingerprint density at radius 2 is 1.95 bits per heavy atom. The Morgan fingerprint density at radius 1 is 1.25 bits per heavy atom. The molecule has 0 aliphatic rings. The molecule has 0 fully saturated rings. The molecule has 1 aromatic carbocycles. The van der Waals surface area contributed by atoms with E-state index in [4.69, 9.17) is 15.2 Å². The van der Waals surface area contributed by atoms with Gasteiger partial charge in [-0.05, 0) is 35.0 Å². The molecular formula is C14H18BrN3O2. The van der Waals surface area contributed by atoms with Crippen molar-refractivity contribution in [2.24, 2.45) is 12.8 Å². The highest BCUT2D eigenvalue weighted by Gasteiger charge is 2.21. The zero-order valence-corrected chi connectivity index (χ0v) is 13.6. The second kappa shape index (κ2) is 5.85. The molecule has 0 saturated heterocycles. The first-order valence-corrected chi connectivity index (χ1v) is 6.95. The molecule has 108 valence electrons. The Kier molecular flexibility index (Phi) is 4.35. The quantitative estimate of drug-likeness (QED) is 0.929. The van der Waals surface area contributed by atoms with E-state index in [9.17, 15) is 0 Å². The summed E-state index contributed by atoms with van der Waals surface area (Å²) >= 11 is 3.49. The van der Waals surface area contributed by atoms with E-state index in [1.165, 1.54) is 0 Å². The van der Waals surface area contributed by atoms with Crippen LogP contribution in [0.15, 0.2) is 22.8 Å². The second-order valence-corrected chi connectivity index (χ2v) is 5.32. The van der Waals surface area contributed by atoms with Gasteiger partial charge in [-0.1, -0.05) is 0 Å². The summed E-state index contributed by atoms with van der Waals surface area (Å²) in [6, 6.07) is 3.48. The lowest BCUT2D eigenvalue weighted by molar-refractivity contribution is 0.385. The first-order valence-electron chi connectivity index (χ1n) is 6.15. The third kappa shape index (κ3) is 2.53. The number of nitrogens with zero attached hydrogens (tertiary/aromatic N) is 2. The van der Waals surface area contributed by atoms with E-state index in [0.29, 0.717) is 11.5 Å². The van der Waals surface area contributed by atoms with Crippen LogP contribution in [-0.4, -0.2) is 24.0 Å². The number of nitrogens with two attached hydrogens (primary N) is 1. The largest absolute Gasteiger partial charge is 0.495 e. The molecular weight excluding hydrogens is 322 g/mol. The summed E-state index contributed by atoms with van der Waals surface area (Å²) in [4.78, 5) is 0. The van der Waals surface area contributed by atoms with Crippen LogP contribution in [0.4, 0.5) is 0 Å². The van der Waals surface area contributed by atoms with Crippen molar-refractivity contribution in [3.05, 3.63) is 39.6 Å². The monoisotopic (exact) mass is 339 g/mol. The Morgan fingerprint density at radius 3 is 2.45 bits per heavy atom. The number of hydrogen-bond donors (Lipinski definition) is 1. The van der Waals surface area contributed by atoms with Gasteiger partial charge in [0.15, 0.2) is 0 Å². The Bertz CT molecular complexity index is 625. The summed E-state index contributed by atoms with van der Waals surface area (Å²) in [7, 11) is 5.11. The molecule has 1 atom stereocenters. The van der Waals surface area contributed by atoms with Crippen LogP contribution in [0.3, 0.4) is 0 Å². The highest BCUT2D eigenvalue weighted by Crippen LogP contribution is 2.40. The lowest BCUT2D eigenvalue weighted by atomic mass is 9.99. The minimum absolute atomic E-state index is 0.305. The van der Waals surface area contributed by atoms with Crippen LogP contribution in [-0.2, 0) is 7.05 Å². The lowest BCUT2D eigenvalue weighted by Crippen LogP contribution is -2.14. The normalized spacial score (nSPS) is 12.3.